The molecular formula is C21H15BrN2O3. The summed E-state index contributed by atoms with van der Waals surface area (Å²) in [5.41, 5.74) is 3.83. The number of rotatable bonds is 3. The molecule has 0 atom stereocenters. The van der Waals surface area contributed by atoms with E-state index in [4.69, 9.17) is 19.2 Å². The third-order valence-corrected chi connectivity index (χ3v) is 5.11. The van der Waals surface area contributed by atoms with Crippen molar-refractivity contribution >= 4 is 27.0 Å². The molecule has 3 aromatic carbocycles. The average Bonchev–Trinajstić information content (AvgIpc) is 3.30. The van der Waals surface area contributed by atoms with E-state index in [1.54, 1.807) is 7.11 Å². The van der Waals surface area contributed by atoms with E-state index < -0.39 is 0 Å². The molecule has 1 aromatic heterocycles. The van der Waals surface area contributed by atoms with Crippen LogP contribution in [-0.4, -0.2) is 23.5 Å². The van der Waals surface area contributed by atoms with Crippen LogP contribution in [0, 0.1) is 0 Å². The topological polar surface area (TPSA) is 45.5 Å². The van der Waals surface area contributed by atoms with Crippen LogP contribution in [0.1, 0.15) is 0 Å². The maximum atomic E-state index is 5.58. The van der Waals surface area contributed by atoms with Gasteiger partial charge < -0.3 is 14.2 Å². The van der Waals surface area contributed by atoms with Crippen LogP contribution in [0.25, 0.3) is 28.1 Å². The molecule has 27 heavy (non-hydrogen) atoms. The number of imidazole rings is 1. The maximum absolute atomic E-state index is 5.58. The molecule has 0 bridgehead atoms. The molecule has 1 aliphatic rings. The van der Waals surface area contributed by atoms with Gasteiger partial charge in [0.05, 0.1) is 18.1 Å². The summed E-state index contributed by atoms with van der Waals surface area (Å²) in [6.07, 6.45) is 0. The number of methoxy groups -OCH3 is 1. The first-order valence-electron chi connectivity index (χ1n) is 8.45. The van der Waals surface area contributed by atoms with E-state index in [1.165, 1.54) is 0 Å². The van der Waals surface area contributed by atoms with Crippen molar-refractivity contribution in [2.75, 3.05) is 13.9 Å². The van der Waals surface area contributed by atoms with Gasteiger partial charge in [0.1, 0.15) is 11.6 Å². The van der Waals surface area contributed by atoms with Gasteiger partial charge in [-0.3, -0.25) is 4.57 Å². The van der Waals surface area contributed by atoms with Crippen LogP contribution in [0.15, 0.2) is 65.1 Å². The summed E-state index contributed by atoms with van der Waals surface area (Å²) in [7, 11) is 1.66. The summed E-state index contributed by atoms with van der Waals surface area (Å²) in [6, 6.07) is 20.0. The number of benzene rings is 3. The van der Waals surface area contributed by atoms with Crippen molar-refractivity contribution in [1.29, 1.82) is 0 Å². The normalized spacial score (nSPS) is 12.5. The molecule has 0 radical (unpaired) electrons. The largest absolute Gasteiger partial charge is 0.497 e. The predicted octanol–water partition coefficient (Wildman–Crippen LogP) is 5.19. The van der Waals surface area contributed by atoms with Gasteiger partial charge >= 0.3 is 0 Å². The molecule has 5 nitrogen and oxygen atoms in total. The summed E-state index contributed by atoms with van der Waals surface area (Å²) in [5, 5.41) is 0. The summed E-state index contributed by atoms with van der Waals surface area (Å²) in [5.74, 6) is 3.13. The molecule has 0 saturated carbocycles. The van der Waals surface area contributed by atoms with Gasteiger partial charge in [0, 0.05) is 27.9 Å². The Balaban J connectivity index is 1.78. The summed E-state index contributed by atoms with van der Waals surface area (Å²) in [6.45, 7) is 0.240. The van der Waals surface area contributed by atoms with E-state index in [2.05, 4.69) is 20.5 Å². The fourth-order valence-electron chi connectivity index (χ4n) is 3.25. The highest BCUT2D eigenvalue weighted by Gasteiger charge is 2.20. The Labute approximate surface area is 164 Å². The number of ether oxygens (including phenoxy) is 3. The number of fused-ring (bicyclic) bond motifs is 2. The molecule has 0 amide bonds. The number of aromatic nitrogens is 2. The second kappa shape index (κ2) is 6.32. The maximum Gasteiger partial charge on any atom is 0.231 e. The molecule has 5 rings (SSSR count). The SMILES string of the molecule is COc1ccc(-n2c(-c3ccc(Br)cc3)nc3cc4c(cc32)OCO4)cc1. The highest BCUT2D eigenvalue weighted by Crippen LogP contribution is 2.39. The molecule has 4 aromatic rings. The number of hydrogen-bond donors (Lipinski definition) is 0. The third kappa shape index (κ3) is 2.73. The highest BCUT2D eigenvalue weighted by molar-refractivity contribution is 9.10. The molecule has 0 aliphatic carbocycles. The van der Waals surface area contributed by atoms with Gasteiger partial charge in [-0.25, -0.2) is 4.98 Å². The van der Waals surface area contributed by atoms with Crippen LogP contribution >= 0.6 is 15.9 Å². The first kappa shape index (κ1) is 16.2. The van der Waals surface area contributed by atoms with Crippen molar-refractivity contribution in [3.05, 3.63) is 65.1 Å². The van der Waals surface area contributed by atoms with Gasteiger partial charge in [0.2, 0.25) is 6.79 Å². The van der Waals surface area contributed by atoms with Gasteiger partial charge in [-0.15, -0.1) is 0 Å². The zero-order valence-electron chi connectivity index (χ0n) is 14.5. The minimum absolute atomic E-state index is 0.240. The van der Waals surface area contributed by atoms with Gasteiger partial charge in [0.15, 0.2) is 11.5 Å². The molecule has 0 N–H and O–H groups in total. The average molecular weight is 423 g/mol. The molecule has 0 unspecified atom stereocenters. The van der Waals surface area contributed by atoms with E-state index in [1.807, 2.05) is 60.7 Å². The van der Waals surface area contributed by atoms with Gasteiger partial charge in [0.25, 0.3) is 0 Å². The van der Waals surface area contributed by atoms with E-state index in [0.717, 1.165) is 49.8 Å². The van der Waals surface area contributed by atoms with E-state index in [0.29, 0.717) is 0 Å². The van der Waals surface area contributed by atoms with Crippen molar-refractivity contribution in [1.82, 2.24) is 9.55 Å². The van der Waals surface area contributed by atoms with Gasteiger partial charge in [-0.05, 0) is 36.4 Å². The molecule has 6 heteroatoms. The zero-order chi connectivity index (χ0) is 18.4. The minimum Gasteiger partial charge on any atom is -0.497 e. The van der Waals surface area contributed by atoms with Crippen LogP contribution in [0.3, 0.4) is 0 Å². The first-order valence-corrected chi connectivity index (χ1v) is 9.25. The van der Waals surface area contributed by atoms with E-state index in [-0.39, 0.29) is 6.79 Å². The fourth-order valence-corrected chi connectivity index (χ4v) is 3.52. The van der Waals surface area contributed by atoms with Crippen molar-refractivity contribution in [2.24, 2.45) is 0 Å². The molecule has 1 aliphatic heterocycles. The fraction of sp³-hybridized carbons (Fsp3) is 0.0952. The molecule has 0 fully saturated rings. The first-order chi connectivity index (χ1) is 13.2. The van der Waals surface area contributed by atoms with Crippen LogP contribution in [0.5, 0.6) is 17.2 Å². The number of nitrogens with zero attached hydrogens (tertiary/aromatic N) is 2. The Bertz CT molecular complexity index is 1140. The van der Waals surface area contributed by atoms with Crippen LogP contribution in [0.4, 0.5) is 0 Å². The lowest BCUT2D eigenvalue weighted by atomic mass is 10.2. The lowest BCUT2D eigenvalue weighted by Gasteiger charge is -2.11. The van der Waals surface area contributed by atoms with Gasteiger partial charge in [-0.1, -0.05) is 28.1 Å². The summed E-state index contributed by atoms with van der Waals surface area (Å²) >= 11 is 3.49. The summed E-state index contributed by atoms with van der Waals surface area (Å²) in [4.78, 5) is 4.89. The highest BCUT2D eigenvalue weighted by atomic mass is 79.9. The third-order valence-electron chi connectivity index (χ3n) is 4.58. The lowest BCUT2D eigenvalue weighted by Crippen LogP contribution is -1.98. The van der Waals surface area contributed by atoms with E-state index >= 15 is 0 Å². The molecule has 0 saturated heterocycles. The Morgan fingerprint density at radius 2 is 1.67 bits per heavy atom. The zero-order valence-corrected chi connectivity index (χ0v) is 16.1. The second-order valence-electron chi connectivity index (χ2n) is 6.17. The van der Waals surface area contributed by atoms with Crippen LogP contribution in [0.2, 0.25) is 0 Å². The lowest BCUT2D eigenvalue weighted by molar-refractivity contribution is 0.174. The van der Waals surface area contributed by atoms with Crippen LogP contribution in [-0.2, 0) is 0 Å². The Morgan fingerprint density at radius 1 is 0.963 bits per heavy atom. The predicted molar refractivity (Wildman–Crippen MR) is 107 cm³/mol. The van der Waals surface area contributed by atoms with E-state index in [9.17, 15) is 0 Å². The number of hydrogen-bond acceptors (Lipinski definition) is 4. The Kier molecular flexibility index (Phi) is 3.79. The molecular weight excluding hydrogens is 408 g/mol. The molecule has 2 heterocycles. The molecule has 134 valence electrons. The quantitative estimate of drug-likeness (QED) is 0.455. The van der Waals surface area contributed by atoms with Crippen molar-refractivity contribution in [3.8, 4) is 34.3 Å². The minimum atomic E-state index is 0.240. The standard InChI is InChI=1S/C21H15BrN2O3/c1-25-16-8-6-15(7-9-16)24-18-11-20-19(26-12-27-20)10-17(18)23-21(24)13-2-4-14(22)5-3-13/h2-11H,12H2,1H3. The van der Waals surface area contributed by atoms with Crippen molar-refractivity contribution in [3.63, 3.8) is 0 Å². The van der Waals surface area contributed by atoms with Crippen molar-refractivity contribution in [2.45, 2.75) is 0 Å². The van der Waals surface area contributed by atoms with Crippen molar-refractivity contribution < 1.29 is 14.2 Å². The molecule has 0 spiro atoms. The number of halogens is 1. The Hall–Kier alpha value is -2.99. The smallest absolute Gasteiger partial charge is 0.231 e. The second-order valence-corrected chi connectivity index (χ2v) is 7.09. The summed E-state index contributed by atoms with van der Waals surface area (Å²) < 4.78 is 19.5. The van der Waals surface area contributed by atoms with Crippen LogP contribution < -0.4 is 14.2 Å². The monoisotopic (exact) mass is 422 g/mol. The van der Waals surface area contributed by atoms with Gasteiger partial charge in [-0.2, -0.15) is 0 Å². The Morgan fingerprint density at radius 3 is 2.37 bits per heavy atom.